The zero-order valence-electron chi connectivity index (χ0n) is 16.7. The Balaban J connectivity index is 1.60. The molecule has 0 aliphatic carbocycles. The molecular weight excluding hydrogens is 364 g/mol. The highest BCUT2D eigenvalue weighted by Crippen LogP contribution is 2.35. The Morgan fingerprint density at radius 2 is 1.68 bits per heavy atom. The number of hydrogen-bond acceptors (Lipinski definition) is 3. The van der Waals surface area contributed by atoms with E-state index in [4.69, 9.17) is 12.2 Å². The van der Waals surface area contributed by atoms with Crippen LogP contribution >= 0.6 is 12.2 Å². The maximum absolute atomic E-state index is 9.85. The SMILES string of the molecule is CCN(CC)c1ccc(NC(=S)N2CCC(C#N)(c3ccccc3)CC2)cc1. The molecule has 0 unspecified atom stereocenters. The fraction of sp³-hybridized carbons (Fsp3) is 0.391. The van der Waals surface area contributed by atoms with Crippen molar-refractivity contribution in [2.45, 2.75) is 32.1 Å². The Hall–Kier alpha value is -2.58. The van der Waals surface area contributed by atoms with Gasteiger partial charge in [-0.1, -0.05) is 30.3 Å². The predicted molar refractivity (Wildman–Crippen MR) is 121 cm³/mol. The molecule has 0 saturated carbocycles. The molecule has 146 valence electrons. The maximum Gasteiger partial charge on any atom is 0.173 e. The van der Waals surface area contributed by atoms with Crippen LogP contribution in [0.1, 0.15) is 32.3 Å². The molecule has 0 amide bonds. The summed E-state index contributed by atoms with van der Waals surface area (Å²) in [5.74, 6) is 0. The van der Waals surface area contributed by atoms with Crippen molar-refractivity contribution in [1.29, 1.82) is 5.26 Å². The average molecular weight is 393 g/mol. The van der Waals surface area contributed by atoms with Crippen LogP contribution in [-0.4, -0.2) is 36.2 Å². The number of likely N-dealkylation sites (tertiary alicyclic amines) is 1. The van der Waals surface area contributed by atoms with E-state index in [9.17, 15) is 5.26 Å². The highest BCUT2D eigenvalue weighted by Gasteiger charge is 2.36. The topological polar surface area (TPSA) is 42.3 Å². The lowest BCUT2D eigenvalue weighted by Gasteiger charge is -2.38. The largest absolute Gasteiger partial charge is 0.372 e. The first kappa shape index (κ1) is 20.2. The first-order valence-electron chi connectivity index (χ1n) is 9.99. The molecule has 1 fully saturated rings. The number of thiocarbonyl (C=S) groups is 1. The lowest BCUT2D eigenvalue weighted by Crippen LogP contribution is -2.46. The van der Waals surface area contributed by atoms with E-state index in [0.29, 0.717) is 0 Å². The van der Waals surface area contributed by atoms with E-state index in [2.05, 4.69) is 71.4 Å². The van der Waals surface area contributed by atoms with Crippen LogP contribution in [0.4, 0.5) is 11.4 Å². The lowest BCUT2D eigenvalue weighted by atomic mass is 9.74. The summed E-state index contributed by atoms with van der Waals surface area (Å²) in [4.78, 5) is 4.49. The molecule has 1 saturated heterocycles. The van der Waals surface area contributed by atoms with Crippen LogP contribution in [0.15, 0.2) is 54.6 Å². The van der Waals surface area contributed by atoms with Crippen molar-refractivity contribution in [3.05, 3.63) is 60.2 Å². The molecule has 2 aromatic carbocycles. The van der Waals surface area contributed by atoms with Crippen LogP contribution in [0, 0.1) is 11.3 Å². The van der Waals surface area contributed by atoms with E-state index < -0.39 is 5.41 Å². The van der Waals surface area contributed by atoms with Crippen LogP contribution in [0.25, 0.3) is 0 Å². The summed E-state index contributed by atoms with van der Waals surface area (Å²) < 4.78 is 0. The van der Waals surface area contributed by atoms with Gasteiger partial charge < -0.3 is 15.1 Å². The fourth-order valence-electron chi connectivity index (χ4n) is 3.86. The van der Waals surface area contributed by atoms with Gasteiger partial charge >= 0.3 is 0 Å². The molecule has 0 radical (unpaired) electrons. The van der Waals surface area contributed by atoms with Crippen LogP contribution in [-0.2, 0) is 5.41 Å². The molecule has 0 bridgehead atoms. The van der Waals surface area contributed by atoms with E-state index in [1.54, 1.807) is 0 Å². The minimum Gasteiger partial charge on any atom is -0.372 e. The second-order valence-corrected chi connectivity index (χ2v) is 7.58. The third-order valence-electron chi connectivity index (χ3n) is 5.69. The summed E-state index contributed by atoms with van der Waals surface area (Å²) in [7, 11) is 0. The predicted octanol–water partition coefficient (Wildman–Crippen LogP) is 4.79. The molecule has 1 N–H and O–H groups in total. The van der Waals surface area contributed by atoms with E-state index in [-0.39, 0.29) is 0 Å². The standard InChI is InChI=1S/C23H28N4S/c1-3-26(4-2)21-12-10-20(11-13-21)25-22(28)27-16-14-23(18-24,15-17-27)19-8-6-5-7-9-19/h5-13H,3-4,14-17H2,1-2H3,(H,25,28). The zero-order valence-corrected chi connectivity index (χ0v) is 17.5. The summed E-state index contributed by atoms with van der Waals surface area (Å²) in [5.41, 5.74) is 2.93. The van der Waals surface area contributed by atoms with Gasteiger partial charge in [-0.15, -0.1) is 0 Å². The molecule has 0 aromatic heterocycles. The monoisotopic (exact) mass is 392 g/mol. The van der Waals surface area contributed by atoms with E-state index in [1.165, 1.54) is 5.69 Å². The van der Waals surface area contributed by atoms with Gasteiger partial charge in [0.1, 0.15) is 0 Å². The minimum atomic E-state index is -0.404. The quantitative estimate of drug-likeness (QED) is 0.741. The van der Waals surface area contributed by atoms with Crippen molar-refractivity contribution in [3.63, 3.8) is 0 Å². The number of rotatable bonds is 5. The Morgan fingerprint density at radius 1 is 1.07 bits per heavy atom. The fourth-order valence-corrected chi connectivity index (χ4v) is 4.16. The number of hydrogen-bond donors (Lipinski definition) is 1. The van der Waals surface area contributed by atoms with E-state index >= 15 is 0 Å². The summed E-state index contributed by atoms with van der Waals surface area (Å²) in [6.07, 6.45) is 1.58. The van der Waals surface area contributed by atoms with Gasteiger partial charge in [-0.2, -0.15) is 5.26 Å². The molecule has 2 aromatic rings. The van der Waals surface area contributed by atoms with Gasteiger partial charge in [0.25, 0.3) is 0 Å². The first-order chi connectivity index (χ1) is 13.6. The molecule has 0 atom stereocenters. The molecule has 5 heteroatoms. The van der Waals surface area contributed by atoms with Crippen molar-refractivity contribution < 1.29 is 0 Å². The average Bonchev–Trinajstić information content (AvgIpc) is 2.76. The summed E-state index contributed by atoms with van der Waals surface area (Å²) in [6, 6.07) is 21.1. The Morgan fingerprint density at radius 3 is 2.21 bits per heavy atom. The summed E-state index contributed by atoms with van der Waals surface area (Å²) in [6.45, 7) is 7.89. The molecule has 4 nitrogen and oxygen atoms in total. The van der Waals surface area contributed by atoms with Crippen LogP contribution < -0.4 is 10.2 Å². The number of nitrogens with one attached hydrogen (secondary N) is 1. The Labute approximate surface area is 173 Å². The lowest BCUT2D eigenvalue weighted by molar-refractivity contribution is 0.272. The van der Waals surface area contributed by atoms with Crippen molar-refractivity contribution in [2.75, 3.05) is 36.4 Å². The highest BCUT2D eigenvalue weighted by atomic mass is 32.1. The van der Waals surface area contributed by atoms with Crippen molar-refractivity contribution in [3.8, 4) is 6.07 Å². The Bertz CT molecular complexity index is 814. The van der Waals surface area contributed by atoms with Gasteiger partial charge in [0.2, 0.25) is 0 Å². The molecule has 1 aliphatic rings. The van der Waals surface area contributed by atoms with Gasteiger partial charge in [-0.3, -0.25) is 0 Å². The third kappa shape index (κ3) is 4.28. The smallest absolute Gasteiger partial charge is 0.173 e. The van der Waals surface area contributed by atoms with Crippen LogP contribution in [0.2, 0.25) is 0 Å². The van der Waals surface area contributed by atoms with Gasteiger partial charge in [0.05, 0.1) is 11.5 Å². The molecular formula is C23H28N4S. The summed E-state index contributed by atoms with van der Waals surface area (Å²) in [5, 5.41) is 13.9. The highest BCUT2D eigenvalue weighted by molar-refractivity contribution is 7.80. The second kappa shape index (κ2) is 9.07. The normalized spacial score (nSPS) is 15.5. The number of benzene rings is 2. The number of nitriles is 1. The van der Waals surface area contributed by atoms with Crippen molar-refractivity contribution in [2.24, 2.45) is 0 Å². The van der Waals surface area contributed by atoms with Crippen molar-refractivity contribution >= 4 is 28.7 Å². The third-order valence-corrected chi connectivity index (χ3v) is 6.05. The molecule has 1 heterocycles. The Kier molecular flexibility index (Phi) is 6.53. The molecule has 1 aliphatic heterocycles. The summed E-state index contributed by atoms with van der Waals surface area (Å²) >= 11 is 5.64. The molecule has 28 heavy (non-hydrogen) atoms. The zero-order chi connectivity index (χ0) is 20.0. The van der Waals surface area contributed by atoms with Crippen LogP contribution in [0.5, 0.6) is 0 Å². The maximum atomic E-state index is 9.85. The van der Waals surface area contributed by atoms with Gasteiger partial charge in [0, 0.05) is 37.6 Å². The minimum absolute atomic E-state index is 0.404. The van der Waals surface area contributed by atoms with Crippen molar-refractivity contribution in [1.82, 2.24) is 4.90 Å². The van der Waals surface area contributed by atoms with Crippen LogP contribution in [0.3, 0.4) is 0 Å². The van der Waals surface area contributed by atoms with Gasteiger partial charge in [0.15, 0.2) is 5.11 Å². The molecule has 3 rings (SSSR count). The van der Waals surface area contributed by atoms with E-state index in [1.807, 2.05) is 18.2 Å². The van der Waals surface area contributed by atoms with Gasteiger partial charge in [-0.25, -0.2) is 0 Å². The molecule has 0 spiro atoms. The first-order valence-corrected chi connectivity index (χ1v) is 10.4. The van der Waals surface area contributed by atoms with E-state index in [0.717, 1.165) is 55.4 Å². The number of nitrogens with zero attached hydrogens (tertiary/aromatic N) is 3. The number of piperidine rings is 1. The second-order valence-electron chi connectivity index (χ2n) is 7.20. The number of anilines is 2. The van der Waals surface area contributed by atoms with Gasteiger partial charge in [-0.05, 0) is 68.7 Å².